The van der Waals surface area contributed by atoms with Gasteiger partial charge in [-0.05, 0) is 11.6 Å². The van der Waals surface area contributed by atoms with Gasteiger partial charge in [0.1, 0.15) is 0 Å². The predicted molar refractivity (Wildman–Crippen MR) is 51.6 cm³/mol. The van der Waals surface area contributed by atoms with Crippen LogP contribution in [0.3, 0.4) is 0 Å². The number of aromatic nitrogens is 1. The average molecular weight is 235 g/mol. The molecular weight excluding hydrogens is 223 g/mol. The van der Waals surface area contributed by atoms with E-state index in [4.69, 9.17) is 0 Å². The zero-order chi connectivity index (χ0) is 12.0. The fraction of sp³-hybridized carbons (Fsp3) is 0.444. The van der Waals surface area contributed by atoms with Crippen molar-refractivity contribution in [2.45, 2.75) is 12.7 Å². The molecule has 1 heterocycles. The minimum absolute atomic E-state index is 0.302. The molecule has 0 aliphatic heterocycles. The predicted octanol–water partition coefficient (Wildman–Crippen LogP) is 0.783. The molecule has 0 spiro atoms. The first-order chi connectivity index (χ1) is 7.47. The van der Waals surface area contributed by atoms with Gasteiger partial charge in [-0.3, -0.25) is 4.79 Å². The molecule has 0 atom stereocenters. The van der Waals surface area contributed by atoms with Gasteiger partial charge >= 0.3 is 6.18 Å². The van der Waals surface area contributed by atoms with Crippen LogP contribution in [0.5, 0.6) is 0 Å². The zero-order valence-electron chi connectivity index (χ0n) is 8.40. The van der Waals surface area contributed by atoms with Crippen molar-refractivity contribution in [3.63, 3.8) is 0 Å². The maximum absolute atomic E-state index is 11.7. The Bertz CT molecular complexity index is 321. The molecule has 0 unspecified atom stereocenters. The summed E-state index contributed by atoms with van der Waals surface area (Å²) in [5.41, 5.74) is 0.865. The van der Waals surface area contributed by atoms with E-state index >= 15 is 0 Å². The van der Waals surface area contributed by atoms with E-state index in [9.17, 15) is 18.0 Å². The van der Waals surface area contributed by atoms with Gasteiger partial charge in [0, 0.05) is 18.9 Å². The maximum Gasteiger partial charge on any atom is 0.401 e. The second-order valence-electron chi connectivity index (χ2n) is 3.21. The molecule has 90 valence electrons. The van der Waals surface area contributed by atoms with Crippen LogP contribution >= 0.6 is 0 Å². The van der Waals surface area contributed by atoms with Gasteiger partial charge < -0.3 is 15.6 Å². The number of alkyl halides is 3. The summed E-state index contributed by atoms with van der Waals surface area (Å²) in [5, 5.41) is 4.49. The van der Waals surface area contributed by atoms with Crippen LogP contribution < -0.4 is 10.6 Å². The van der Waals surface area contributed by atoms with E-state index in [-0.39, 0.29) is 6.54 Å². The SMILES string of the molecule is O=C(CNCC(F)(F)F)NCc1cc[nH]c1. The number of hydrogen-bond acceptors (Lipinski definition) is 2. The van der Waals surface area contributed by atoms with Crippen LogP contribution in [-0.2, 0) is 11.3 Å². The highest BCUT2D eigenvalue weighted by molar-refractivity contribution is 5.77. The summed E-state index contributed by atoms with van der Waals surface area (Å²) in [7, 11) is 0. The van der Waals surface area contributed by atoms with Crippen molar-refractivity contribution >= 4 is 5.91 Å². The third-order valence-electron chi connectivity index (χ3n) is 1.76. The number of rotatable bonds is 5. The van der Waals surface area contributed by atoms with Crippen LogP contribution in [0.4, 0.5) is 13.2 Å². The third-order valence-corrected chi connectivity index (χ3v) is 1.76. The molecule has 0 radical (unpaired) electrons. The smallest absolute Gasteiger partial charge is 0.367 e. The van der Waals surface area contributed by atoms with Crippen LogP contribution in [0.25, 0.3) is 0 Å². The highest BCUT2D eigenvalue weighted by atomic mass is 19.4. The van der Waals surface area contributed by atoms with Gasteiger partial charge in [-0.2, -0.15) is 13.2 Å². The molecule has 0 saturated heterocycles. The molecule has 0 aliphatic rings. The van der Waals surface area contributed by atoms with Gasteiger partial charge in [0.05, 0.1) is 13.1 Å². The normalized spacial score (nSPS) is 11.4. The summed E-state index contributed by atoms with van der Waals surface area (Å²) in [4.78, 5) is 13.9. The number of amides is 1. The van der Waals surface area contributed by atoms with Crippen LogP contribution in [0, 0.1) is 0 Å². The molecule has 1 aromatic rings. The summed E-state index contributed by atoms with van der Waals surface area (Å²) < 4.78 is 35.2. The second kappa shape index (κ2) is 5.55. The third kappa shape index (κ3) is 5.40. The molecule has 0 saturated carbocycles. The van der Waals surface area contributed by atoms with E-state index in [1.165, 1.54) is 0 Å². The fourth-order valence-corrected chi connectivity index (χ4v) is 1.05. The molecule has 1 aromatic heterocycles. The summed E-state index contributed by atoms with van der Waals surface area (Å²) >= 11 is 0. The number of H-pyrrole nitrogens is 1. The lowest BCUT2D eigenvalue weighted by Gasteiger charge is -2.08. The first kappa shape index (κ1) is 12.6. The van der Waals surface area contributed by atoms with Gasteiger partial charge in [0.15, 0.2) is 0 Å². The Kier molecular flexibility index (Phi) is 4.36. The van der Waals surface area contributed by atoms with E-state index in [1.807, 2.05) is 5.32 Å². The summed E-state index contributed by atoms with van der Waals surface area (Å²) in [6.07, 6.45) is -0.895. The average Bonchev–Trinajstić information content (AvgIpc) is 2.65. The number of carbonyl (C=O) groups excluding carboxylic acids is 1. The molecule has 1 rings (SSSR count). The van der Waals surface area contributed by atoms with E-state index in [1.54, 1.807) is 18.5 Å². The van der Waals surface area contributed by atoms with Gasteiger partial charge in [-0.1, -0.05) is 0 Å². The van der Waals surface area contributed by atoms with Crippen molar-refractivity contribution in [3.05, 3.63) is 24.0 Å². The monoisotopic (exact) mass is 235 g/mol. The number of hydrogen-bond donors (Lipinski definition) is 3. The van der Waals surface area contributed by atoms with Gasteiger partial charge in [0.2, 0.25) is 5.91 Å². The summed E-state index contributed by atoms with van der Waals surface area (Å²) in [5.74, 6) is -0.467. The Morgan fingerprint density at radius 2 is 2.19 bits per heavy atom. The van der Waals surface area contributed by atoms with Gasteiger partial charge in [0.25, 0.3) is 0 Å². The van der Waals surface area contributed by atoms with Crippen LogP contribution in [0.1, 0.15) is 5.56 Å². The highest BCUT2D eigenvalue weighted by Gasteiger charge is 2.26. The van der Waals surface area contributed by atoms with Crippen molar-refractivity contribution in [2.75, 3.05) is 13.1 Å². The Labute approximate surface area is 90.2 Å². The van der Waals surface area contributed by atoms with Crippen molar-refractivity contribution in [1.29, 1.82) is 0 Å². The lowest BCUT2D eigenvalue weighted by atomic mass is 10.3. The fourth-order valence-electron chi connectivity index (χ4n) is 1.05. The molecule has 1 amide bonds. The number of nitrogens with one attached hydrogen (secondary N) is 3. The minimum atomic E-state index is -4.29. The van der Waals surface area contributed by atoms with E-state index in [0.29, 0.717) is 6.54 Å². The molecule has 0 fully saturated rings. The number of carbonyl (C=O) groups is 1. The van der Waals surface area contributed by atoms with Gasteiger partial charge in [-0.15, -0.1) is 0 Å². The van der Waals surface area contributed by atoms with Crippen LogP contribution in [0.15, 0.2) is 18.5 Å². The number of aromatic amines is 1. The molecule has 0 bridgehead atoms. The second-order valence-corrected chi connectivity index (χ2v) is 3.21. The molecule has 3 N–H and O–H groups in total. The first-order valence-electron chi connectivity index (χ1n) is 4.63. The van der Waals surface area contributed by atoms with Crippen molar-refractivity contribution in [2.24, 2.45) is 0 Å². The Morgan fingerprint density at radius 3 is 2.75 bits per heavy atom. The van der Waals surface area contributed by atoms with Crippen molar-refractivity contribution in [1.82, 2.24) is 15.6 Å². The van der Waals surface area contributed by atoms with E-state index < -0.39 is 18.6 Å². The van der Waals surface area contributed by atoms with Crippen molar-refractivity contribution in [3.8, 4) is 0 Å². The first-order valence-corrected chi connectivity index (χ1v) is 4.63. The molecular formula is C9H12F3N3O. The van der Waals surface area contributed by atoms with E-state index in [2.05, 4.69) is 10.3 Å². The molecule has 7 heteroatoms. The molecule has 16 heavy (non-hydrogen) atoms. The molecule has 0 aromatic carbocycles. The maximum atomic E-state index is 11.7. The zero-order valence-corrected chi connectivity index (χ0v) is 8.40. The minimum Gasteiger partial charge on any atom is -0.367 e. The summed E-state index contributed by atoms with van der Waals surface area (Å²) in [6, 6.07) is 1.77. The summed E-state index contributed by atoms with van der Waals surface area (Å²) in [6.45, 7) is -1.20. The van der Waals surface area contributed by atoms with Crippen molar-refractivity contribution < 1.29 is 18.0 Å². The topological polar surface area (TPSA) is 56.9 Å². The Morgan fingerprint density at radius 1 is 1.44 bits per heavy atom. The van der Waals surface area contributed by atoms with Crippen LogP contribution in [0.2, 0.25) is 0 Å². The van der Waals surface area contributed by atoms with Crippen LogP contribution in [-0.4, -0.2) is 30.2 Å². The molecule has 4 nitrogen and oxygen atoms in total. The number of halogens is 3. The standard InChI is InChI=1S/C9H12F3N3O/c10-9(11,12)6-14-5-8(16)15-4-7-1-2-13-3-7/h1-3,13-14H,4-6H2,(H,15,16). The molecule has 0 aliphatic carbocycles. The highest BCUT2D eigenvalue weighted by Crippen LogP contribution is 2.11. The lowest BCUT2D eigenvalue weighted by Crippen LogP contribution is -2.37. The van der Waals surface area contributed by atoms with Gasteiger partial charge in [-0.25, -0.2) is 0 Å². The largest absolute Gasteiger partial charge is 0.401 e. The van der Waals surface area contributed by atoms with E-state index in [0.717, 1.165) is 5.56 Å². The quantitative estimate of drug-likeness (QED) is 0.706. The lowest BCUT2D eigenvalue weighted by molar-refractivity contribution is -0.128. The Hall–Kier alpha value is -1.50. The Balaban J connectivity index is 2.12.